The minimum atomic E-state index is -5.62. The van der Waals surface area contributed by atoms with Crippen LogP contribution in [-0.4, -0.2) is 108 Å². The van der Waals surface area contributed by atoms with Crippen molar-refractivity contribution in [2.45, 2.75) is 146 Å². The first kappa shape index (κ1) is 54.0. The summed E-state index contributed by atoms with van der Waals surface area (Å²) in [6, 6.07) is 0. The van der Waals surface area contributed by atoms with E-state index in [-0.39, 0.29) is 6.42 Å². The second-order valence-corrected chi connectivity index (χ2v) is 16.8. The van der Waals surface area contributed by atoms with Crippen LogP contribution in [0.25, 0.3) is 0 Å². The Labute approximate surface area is 344 Å². The highest BCUT2D eigenvalue weighted by molar-refractivity contribution is 7.47. The third kappa shape index (κ3) is 26.0. The Morgan fingerprint density at radius 2 is 1.02 bits per heavy atom. The highest BCUT2D eigenvalue weighted by Crippen LogP contribution is 2.51. The van der Waals surface area contributed by atoms with E-state index in [4.69, 9.17) is 18.5 Å². The lowest BCUT2D eigenvalue weighted by molar-refractivity contribution is -0.213. The van der Waals surface area contributed by atoms with Crippen LogP contribution < -0.4 is 0 Å². The van der Waals surface area contributed by atoms with Gasteiger partial charge in [0.25, 0.3) is 0 Å². The molecule has 8 atom stereocenters. The summed E-state index contributed by atoms with van der Waals surface area (Å²) in [4.78, 5) is 72.2. The smallest absolute Gasteiger partial charge is 0.456 e. The molecule has 0 radical (unpaired) electrons. The molecule has 330 valence electrons. The molecule has 0 spiro atoms. The average Bonchev–Trinajstić information content (AvgIpc) is 3.15. The number of aliphatic hydroxyl groups excluding tert-OH is 3. The largest absolute Gasteiger partial charge is 0.472 e. The van der Waals surface area contributed by atoms with Crippen LogP contribution >= 0.6 is 23.5 Å². The third-order valence-corrected chi connectivity index (χ3v) is 10.1. The maximum absolute atomic E-state index is 13.0. The molecule has 1 aliphatic carbocycles. The van der Waals surface area contributed by atoms with Crippen molar-refractivity contribution in [3.05, 3.63) is 0 Å². The molecule has 19 nitrogen and oxygen atoms in total. The number of hydrogen-bond donors (Lipinski definition) is 8. The predicted octanol–water partition coefficient (Wildman–Crippen LogP) is 2.51. The third-order valence-electron chi connectivity index (χ3n) is 8.13. The molecular formula is C37H53O19P3. The summed E-state index contributed by atoms with van der Waals surface area (Å²) >= 11 is 0. The van der Waals surface area contributed by atoms with Crippen LogP contribution in [0.4, 0.5) is 0 Å². The summed E-state index contributed by atoms with van der Waals surface area (Å²) in [5, 5.41) is 31.6. The molecule has 1 aliphatic rings. The van der Waals surface area contributed by atoms with Crippen molar-refractivity contribution >= 4 is 35.4 Å². The first-order chi connectivity index (χ1) is 27.8. The highest BCUT2D eigenvalue weighted by Gasteiger charge is 2.56. The molecule has 0 saturated heterocycles. The predicted molar refractivity (Wildman–Crippen MR) is 208 cm³/mol. The molecule has 59 heavy (non-hydrogen) atoms. The Hall–Kier alpha value is -3.05. The minimum Gasteiger partial charge on any atom is -0.456 e. The van der Waals surface area contributed by atoms with Gasteiger partial charge in [-0.25, -0.2) is 18.5 Å². The maximum Gasteiger partial charge on any atom is 0.472 e. The van der Waals surface area contributed by atoms with Crippen molar-refractivity contribution in [3.8, 4) is 59.2 Å². The average molecular weight is 895 g/mol. The van der Waals surface area contributed by atoms with Crippen molar-refractivity contribution in [1.82, 2.24) is 0 Å². The molecule has 1 rings (SSSR count). The number of carbonyl (C=O) groups excluding carboxylic acids is 2. The van der Waals surface area contributed by atoms with E-state index in [1.807, 2.05) is 5.92 Å². The van der Waals surface area contributed by atoms with E-state index in [0.717, 1.165) is 25.7 Å². The van der Waals surface area contributed by atoms with Crippen molar-refractivity contribution in [1.29, 1.82) is 0 Å². The van der Waals surface area contributed by atoms with Crippen LogP contribution in [0.15, 0.2) is 0 Å². The van der Waals surface area contributed by atoms with Gasteiger partial charge in [0.05, 0.1) is 6.61 Å². The lowest BCUT2D eigenvalue weighted by Crippen LogP contribution is -2.65. The first-order valence-electron chi connectivity index (χ1n) is 18.8. The maximum atomic E-state index is 13.0. The van der Waals surface area contributed by atoms with Crippen molar-refractivity contribution in [2.75, 3.05) is 13.2 Å². The monoisotopic (exact) mass is 894 g/mol. The Bertz CT molecular complexity index is 1790. The van der Waals surface area contributed by atoms with Gasteiger partial charge in [-0.2, -0.15) is 0 Å². The molecule has 1 saturated carbocycles. The van der Waals surface area contributed by atoms with Gasteiger partial charge in [0.2, 0.25) is 0 Å². The van der Waals surface area contributed by atoms with Gasteiger partial charge in [0.1, 0.15) is 43.2 Å². The van der Waals surface area contributed by atoms with E-state index in [1.54, 1.807) is 6.92 Å². The Morgan fingerprint density at radius 3 is 1.51 bits per heavy atom. The van der Waals surface area contributed by atoms with Crippen LogP contribution in [0, 0.1) is 59.2 Å². The lowest BCUT2D eigenvalue weighted by Gasteiger charge is -2.44. The second kappa shape index (κ2) is 29.2. The van der Waals surface area contributed by atoms with E-state index in [1.165, 1.54) is 44.9 Å². The zero-order valence-corrected chi connectivity index (χ0v) is 35.4. The number of unbranched alkanes of at least 4 members (excludes halogenated alkanes) is 12. The van der Waals surface area contributed by atoms with Gasteiger partial charge in [-0.1, -0.05) is 89.9 Å². The number of aliphatic hydroxyl groups is 3. The zero-order chi connectivity index (χ0) is 44.3. The van der Waals surface area contributed by atoms with Gasteiger partial charge >= 0.3 is 35.4 Å². The number of esters is 2. The Balaban J connectivity index is 2.93. The number of hydrogen-bond acceptors (Lipinski definition) is 14. The summed E-state index contributed by atoms with van der Waals surface area (Å²) < 4.78 is 64.4. The van der Waals surface area contributed by atoms with E-state index in [2.05, 4.69) is 69.3 Å². The highest BCUT2D eigenvalue weighted by atomic mass is 31.2. The number of ether oxygens (including phenoxy) is 2. The van der Waals surface area contributed by atoms with Gasteiger partial charge < -0.3 is 49.3 Å². The van der Waals surface area contributed by atoms with Crippen molar-refractivity contribution < 1.29 is 90.6 Å². The van der Waals surface area contributed by atoms with E-state index >= 15 is 0 Å². The fraction of sp³-hybridized carbons (Fsp3) is 0.676. The first-order valence-corrected chi connectivity index (χ1v) is 23.3. The molecule has 8 N–H and O–H groups in total. The molecule has 0 amide bonds. The molecule has 4 unspecified atom stereocenters. The number of phosphoric acid groups is 3. The second-order valence-electron chi connectivity index (χ2n) is 13.0. The van der Waals surface area contributed by atoms with Gasteiger partial charge in [0.15, 0.2) is 6.10 Å². The summed E-state index contributed by atoms with van der Waals surface area (Å²) in [6.07, 6.45) is -2.90. The van der Waals surface area contributed by atoms with Gasteiger partial charge in [-0.05, 0) is 60.7 Å². The van der Waals surface area contributed by atoms with Crippen LogP contribution in [0.1, 0.15) is 104 Å². The number of carbonyl (C=O) groups is 2. The minimum absolute atomic E-state index is 0.0710. The Morgan fingerprint density at radius 1 is 0.576 bits per heavy atom. The molecule has 1 fully saturated rings. The SMILES string of the molecule is CC#CC#CC#CC#CC#CC(=O)OC[C@@H](COP(=O)(O)OC1C(O)[C@H](O)[C@@H](OP(=O)(O)O)C(OP(=O)(O)O)[C@@H]1O)OC(=O)CCCCCCCCCCCCCCC. The van der Waals surface area contributed by atoms with E-state index < -0.39 is 91.3 Å². The molecule has 0 aromatic rings. The Kier molecular flexibility index (Phi) is 26.8. The summed E-state index contributed by atoms with van der Waals surface area (Å²) in [5.41, 5.74) is 0. The van der Waals surface area contributed by atoms with Crippen LogP contribution in [0.5, 0.6) is 0 Å². The zero-order valence-electron chi connectivity index (χ0n) is 32.8. The quantitative estimate of drug-likeness (QED) is 0.0203. The molecule has 0 aliphatic heterocycles. The van der Waals surface area contributed by atoms with Gasteiger partial charge in [-0.15, -0.1) is 0 Å². The number of rotatable bonds is 26. The standard InChI is InChI=1S/C37H53O19P3/c1-3-5-7-9-11-13-14-15-16-18-20-22-24-26-31(39)53-29(27-51-30(38)25-23-21-19-17-12-10-8-6-4-2)28-52-59(49,50)56-35-32(40)33(41)36(54-57(43,44)45)37(34(35)42)55-58(46,47)48/h29,32-37,40-42H,3,5,7,9,11,13-16,18,20,22,24,26-28H2,1-2H3,(H,49,50)(H2,43,44,45)(H2,46,47,48)/t29-,32?,33-,34+,35?,36+,37?/m0/s1. The van der Waals surface area contributed by atoms with Crippen LogP contribution in [0.2, 0.25) is 0 Å². The fourth-order valence-electron chi connectivity index (χ4n) is 5.40. The summed E-state index contributed by atoms with van der Waals surface area (Å²) in [7, 11) is -16.7. The molecule has 0 heterocycles. The van der Waals surface area contributed by atoms with Gasteiger partial charge in [-0.3, -0.25) is 22.9 Å². The summed E-state index contributed by atoms with van der Waals surface area (Å²) in [5.74, 6) is 21.5. The van der Waals surface area contributed by atoms with Crippen LogP contribution in [0.3, 0.4) is 0 Å². The van der Waals surface area contributed by atoms with E-state index in [9.17, 15) is 63.1 Å². The molecular weight excluding hydrogens is 841 g/mol. The van der Waals surface area contributed by atoms with Gasteiger partial charge in [0, 0.05) is 12.3 Å². The van der Waals surface area contributed by atoms with Crippen molar-refractivity contribution in [2.24, 2.45) is 0 Å². The summed E-state index contributed by atoms with van der Waals surface area (Å²) in [6.45, 7) is 1.99. The van der Waals surface area contributed by atoms with E-state index in [0.29, 0.717) is 12.8 Å². The molecule has 0 bridgehead atoms. The lowest BCUT2D eigenvalue weighted by atomic mass is 9.85. The molecule has 22 heteroatoms. The normalized spacial score (nSPS) is 21.5. The molecule has 0 aromatic carbocycles. The van der Waals surface area contributed by atoms with Crippen LogP contribution in [-0.2, 0) is 50.9 Å². The molecule has 0 aromatic heterocycles. The topological polar surface area (TPSA) is 303 Å². The van der Waals surface area contributed by atoms with Crippen molar-refractivity contribution in [3.63, 3.8) is 0 Å². The fourth-order valence-corrected chi connectivity index (χ4v) is 7.50. The number of phosphoric ester groups is 3.